The Bertz CT molecular complexity index is 1140. The van der Waals surface area contributed by atoms with Crippen LogP contribution in [-0.4, -0.2) is 5.97 Å². The monoisotopic (exact) mass is 522 g/mol. The largest absolute Gasteiger partial charge is 0.423 e. The Labute approximate surface area is 236 Å². The molecule has 0 N–H and O–H groups in total. The van der Waals surface area contributed by atoms with E-state index in [-0.39, 0.29) is 5.97 Å². The third-order valence-electron chi connectivity index (χ3n) is 7.01. The van der Waals surface area contributed by atoms with Crippen molar-refractivity contribution in [3.05, 3.63) is 114 Å². The second-order valence-corrected chi connectivity index (χ2v) is 10.3. The highest BCUT2D eigenvalue weighted by molar-refractivity contribution is 5.91. The van der Waals surface area contributed by atoms with Crippen LogP contribution in [0.4, 0.5) is 0 Å². The van der Waals surface area contributed by atoms with Crippen LogP contribution in [0.2, 0.25) is 0 Å². The van der Waals surface area contributed by atoms with Crippen molar-refractivity contribution < 1.29 is 9.53 Å². The summed E-state index contributed by atoms with van der Waals surface area (Å²) in [6, 6.07) is 24.3. The fourth-order valence-corrected chi connectivity index (χ4v) is 4.51. The molecule has 3 aromatic rings. The zero-order valence-electron chi connectivity index (χ0n) is 24.0. The normalized spacial score (nSPS) is 11.4. The number of allylic oxidation sites excluding steroid dienone is 4. The smallest absolute Gasteiger partial charge is 0.343 e. The molecule has 0 radical (unpaired) electrons. The van der Waals surface area contributed by atoms with Crippen molar-refractivity contribution in [3.8, 4) is 16.9 Å². The molecule has 0 aliphatic carbocycles. The Morgan fingerprint density at radius 1 is 0.564 bits per heavy atom. The first kappa shape index (κ1) is 30.2. The number of hydrogen-bond donors (Lipinski definition) is 0. The number of aryl methyl sites for hydroxylation is 2. The maximum atomic E-state index is 12.7. The van der Waals surface area contributed by atoms with E-state index in [1.54, 1.807) is 0 Å². The third-order valence-corrected chi connectivity index (χ3v) is 7.01. The summed E-state index contributed by atoms with van der Waals surface area (Å²) in [4.78, 5) is 12.7. The van der Waals surface area contributed by atoms with Gasteiger partial charge in [-0.25, -0.2) is 4.79 Å². The SMILES string of the molecule is CCCC/C=C/CCCCc1ccc(C(=O)Oc2ccc(-c3ccc(CC/C=C/CCCC)cc3)cc2)cc1. The summed E-state index contributed by atoms with van der Waals surface area (Å²) in [5, 5.41) is 0. The topological polar surface area (TPSA) is 26.3 Å². The van der Waals surface area contributed by atoms with E-state index in [2.05, 4.69) is 62.4 Å². The highest BCUT2D eigenvalue weighted by Crippen LogP contribution is 2.24. The predicted molar refractivity (Wildman–Crippen MR) is 166 cm³/mol. The van der Waals surface area contributed by atoms with Crippen LogP contribution in [0.15, 0.2) is 97.1 Å². The fraction of sp³-hybridized carbons (Fsp3) is 0.378. The highest BCUT2D eigenvalue weighted by Gasteiger charge is 2.09. The van der Waals surface area contributed by atoms with Crippen molar-refractivity contribution in [1.82, 2.24) is 0 Å². The van der Waals surface area contributed by atoms with E-state index in [0.29, 0.717) is 11.3 Å². The van der Waals surface area contributed by atoms with E-state index >= 15 is 0 Å². The lowest BCUT2D eigenvalue weighted by Gasteiger charge is -2.08. The number of carbonyl (C=O) groups excluding carboxylic acids is 1. The molecule has 3 aromatic carbocycles. The third kappa shape index (κ3) is 11.5. The zero-order chi connectivity index (χ0) is 27.5. The molecule has 3 rings (SSSR count). The number of carbonyl (C=O) groups is 1. The molecule has 0 saturated heterocycles. The van der Waals surface area contributed by atoms with Crippen molar-refractivity contribution in [3.63, 3.8) is 0 Å². The van der Waals surface area contributed by atoms with E-state index in [0.717, 1.165) is 37.7 Å². The van der Waals surface area contributed by atoms with E-state index in [9.17, 15) is 4.79 Å². The van der Waals surface area contributed by atoms with Gasteiger partial charge in [-0.1, -0.05) is 112 Å². The molecule has 0 heterocycles. The first-order chi connectivity index (χ1) is 19.2. The van der Waals surface area contributed by atoms with Gasteiger partial charge in [0.2, 0.25) is 0 Å². The van der Waals surface area contributed by atoms with Crippen LogP contribution >= 0.6 is 0 Å². The maximum absolute atomic E-state index is 12.7. The maximum Gasteiger partial charge on any atom is 0.343 e. The van der Waals surface area contributed by atoms with Gasteiger partial charge in [0.1, 0.15) is 5.75 Å². The van der Waals surface area contributed by atoms with Crippen LogP contribution in [0.25, 0.3) is 11.1 Å². The second-order valence-electron chi connectivity index (χ2n) is 10.3. The average Bonchev–Trinajstić information content (AvgIpc) is 2.97. The first-order valence-electron chi connectivity index (χ1n) is 15.0. The molecular weight excluding hydrogens is 476 g/mol. The van der Waals surface area contributed by atoms with Gasteiger partial charge in [-0.2, -0.15) is 0 Å². The van der Waals surface area contributed by atoms with Gasteiger partial charge in [-0.05, 0) is 97.9 Å². The summed E-state index contributed by atoms with van der Waals surface area (Å²) < 4.78 is 5.63. The van der Waals surface area contributed by atoms with Crippen molar-refractivity contribution in [1.29, 1.82) is 0 Å². The molecule has 0 aromatic heterocycles. The second kappa shape index (κ2) is 18.0. The summed E-state index contributed by atoms with van der Waals surface area (Å²) in [6.07, 6.45) is 23.4. The Morgan fingerprint density at radius 3 is 1.64 bits per heavy atom. The number of unbranched alkanes of at least 4 members (excludes halogenated alkanes) is 6. The Kier molecular flexibility index (Phi) is 13.9. The minimum atomic E-state index is -0.320. The number of rotatable bonds is 17. The van der Waals surface area contributed by atoms with Crippen LogP contribution < -0.4 is 4.74 Å². The lowest BCUT2D eigenvalue weighted by atomic mass is 10.0. The molecule has 206 valence electrons. The number of esters is 1. The minimum absolute atomic E-state index is 0.320. The van der Waals surface area contributed by atoms with Crippen molar-refractivity contribution in [2.24, 2.45) is 0 Å². The van der Waals surface area contributed by atoms with Crippen molar-refractivity contribution in [2.45, 2.75) is 90.9 Å². The molecule has 0 bridgehead atoms. The molecule has 39 heavy (non-hydrogen) atoms. The molecule has 0 aliphatic heterocycles. The molecule has 0 spiro atoms. The fourth-order valence-electron chi connectivity index (χ4n) is 4.51. The summed E-state index contributed by atoms with van der Waals surface area (Å²) in [5.74, 6) is 0.242. The van der Waals surface area contributed by atoms with Gasteiger partial charge in [0, 0.05) is 0 Å². The highest BCUT2D eigenvalue weighted by atomic mass is 16.5. The zero-order valence-corrected chi connectivity index (χ0v) is 24.0. The van der Waals surface area contributed by atoms with Gasteiger partial charge < -0.3 is 4.74 Å². The lowest BCUT2D eigenvalue weighted by Crippen LogP contribution is -2.08. The van der Waals surface area contributed by atoms with E-state index < -0.39 is 0 Å². The Balaban J connectivity index is 1.42. The molecule has 2 nitrogen and oxygen atoms in total. The van der Waals surface area contributed by atoms with Gasteiger partial charge in [-0.15, -0.1) is 0 Å². The molecule has 0 saturated carbocycles. The minimum Gasteiger partial charge on any atom is -0.423 e. The molecule has 0 amide bonds. The van der Waals surface area contributed by atoms with Gasteiger partial charge in [0.25, 0.3) is 0 Å². The summed E-state index contributed by atoms with van der Waals surface area (Å²) in [6.45, 7) is 4.46. The number of hydrogen-bond acceptors (Lipinski definition) is 2. The van der Waals surface area contributed by atoms with Crippen LogP contribution in [-0.2, 0) is 12.8 Å². The molecule has 0 unspecified atom stereocenters. The van der Waals surface area contributed by atoms with Crippen molar-refractivity contribution >= 4 is 5.97 Å². The predicted octanol–water partition coefficient (Wildman–Crippen LogP) is 10.7. The van der Waals surface area contributed by atoms with Crippen LogP contribution in [0.3, 0.4) is 0 Å². The molecular formula is C37H46O2. The Hall–Kier alpha value is -3.39. The van der Waals surface area contributed by atoms with Crippen LogP contribution in [0, 0.1) is 0 Å². The Morgan fingerprint density at radius 2 is 1.05 bits per heavy atom. The standard InChI is InChI=1S/C37H46O2/c1-3-5-7-9-11-12-14-16-18-32-21-25-35(26-22-32)37(38)39-36-29-27-34(28-30-36)33-23-19-31(20-24-33)17-15-13-10-8-6-4-2/h9-11,13,19-30H,3-8,12,14-18H2,1-2H3/b11-9+,13-10+. The van der Waals surface area contributed by atoms with Gasteiger partial charge in [-0.3, -0.25) is 0 Å². The van der Waals surface area contributed by atoms with Crippen LogP contribution in [0.5, 0.6) is 5.75 Å². The van der Waals surface area contributed by atoms with E-state index in [1.165, 1.54) is 61.6 Å². The average molecular weight is 523 g/mol. The van der Waals surface area contributed by atoms with Crippen molar-refractivity contribution in [2.75, 3.05) is 0 Å². The van der Waals surface area contributed by atoms with E-state index in [1.807, 2.05) is 48.5 Å². The quantitative estimate of drug-likeness (QED) is 0.0762. The first-order valence-corrected chi connectivity index (χ1v) is 15.0. The summed E-state index contributed by atoms with van der Waals surface area (Å²) in [5.41, 5.74) is 5.48. The summed E-state index contributed by atoms with van der Waals surface area (Å²) in [7, 11) is 0. The van der Waals surface area contributed by atoms with Gasteiger partial charge in [0.05, 0.1) is 5.56 Å². The molecule has 2 heteroatoms. The summed E-state index contributed by atoms with van der Waals surface area (Å²) >= 11 is 0. The van der Waals surface area contributed by atoms with Gasteiger partial charge >= 0.3 is 5.97 Å². The van der Waals surface area contributed by atoms with Crippen LogP contribution in [0.1, 0.15) is 99.5 Å². The molecule has 0 aliphatic rings. The van der Waals surface area contributed by atoms with Gasteiger partial charge in [0.15, 0.2) is 0 Å². The van der Waals surface area contributed by atoms with E-state index in [4.69, 9.17) is 4.74 Å². The lowest BCUT2D eigenvalue weighted by molar-refractivity contribution is 0.0734. The number of benzene rings is 3. The molecule has 0 atom stereocenters. The number of ether oxygens (including phenoxy) is 1. The molecule has 0 fully saturated rings.